The Bertz CT molecular complexity index is 437. The molecule has 3 atom stereocenters. The molecule has 116 valence electrons. The monoisotopic (exact) mass is 287 g/mol. The predicted octanol–water partition coefficient (Wildman–Crippen LogP) is 4.42. The van der Waals surface area contributed by atoms with Crippen LogP contribution in [-0.4, -0.2) is 19.3 Å². The van der Waals surface area contributed by atoms with Gasteiger partial charge in [0.1, 0.15) is 0 Å². The second-order valence-electron chi connectivity index (χ2n) is 6.75. The Balaban J connectivity index is 1.74. The summed E-state index contributed by atoms with van der Waals surface area (Å²) in [6, 6.07) is 9.87. The van der Waals surface area contributed by atoms with Crippen molar-refractivity contribution in [2.75, 3.05) is 13.2 Å². The smallest absolute Gasteiger partial charge is 0.0594 e. The van der Waals surface area contributed by atoms with Gasteiger partial charge in [-0.2, -0.15) is 0 Å². The summed E-state index contributed by atoms with van der Waals surface area (Å²) in [5, 5.41) is 3.75. The van der Waals surface area contributed by atoms with Crippen molar-refractivity contribution in [1.82, 2.24) is 5.32 Å². The number of benzene rings is 1. The largest absolute Gasteiger partial charge is 0.378 e. The SMILES string of the molecule is CCCNC(c1ccc(C2CCC2)cc1)C1CCOC1C. The second-order valence-corrected chi connectivity index (χ2v) is 6.75. The van der Waals surface area contributed by atoms with E-state index >= 15 is 0 Å². The zero-order chi connectivity index (χ0) is 14.7. The highest BCUT2D eigenvalue weighted by Crippen LogP contribution is 2.38. The highest BCUT2D eigenvalue weighted by molar-refractivity contribution is 5.29. The first-order valence-electron chi connectivity index (χ1n) is 8.74. The van der Waals surface area contributed by atoms with E-state index in [9.17, 15) is 0 Å². The normalized spacial score (nSPS) is 27.5. The molecule has 21 heavy (non-hydrogen) atoms. The van der Waals surface area contributed by atoms with E-state index in [0.717, 1.165) is 19.1 Å². The van der Waals surface area contributed by atoms with Crippen molar-refractivity contribution in [2.24, 2.45) is 5.92 Å². The third kappa shape index (κ3) is 3.32. The van der Waals surface area contributed by atoms with Crippen LogP contribution in [0.4, 0.5) is 0 Å². The minimum atomic E-state index is 0.366. The fraction of sp³-hybridized carbons (Fsp3) is 0.684. The first kappa shape index (κ1) is 15.1. The minimum absolute atomic E-state index is 0.366. The minimum Gasteiger partial charge on any atom is -0.378 e. The molecule has 3 unspecified atom stereocenters. The Morgan fingerprint density at radius 3 is 2.48 bits per heavy atom. The molecule has 3 rings (SSSR count). The third-order valence-corrected chi connectivity index (χ3v) is 5.35. The van der Waals surface area contributed by atoms with Crippen molar-refractivity contribution in [3.8, 4) is 0 Å². The molecule has 1 aromatic rings. The lowest BCUT2D eigenvalue weighted by atomic mass is 9.79. The fourth-order valence-corrected chi connectivity index (χ4v) is 3.72. The van der Waals surface area contributed by atoms with Crippen molar-refractivity contribution in [3.05, 3.63) is 35.4 Å². The van der Waals surface area contributed by atoms with Crippen molar-refractivity contribution in [3.63, 3.8) is 0 Å². The molecule has 1 N–H and O–H groups in total. The number of ether oxygens (including phenoxy) is 1. The topological polar surface area (TPSA) is 21.3 Å². The maximum absolute atomic E-state index is 5.80. The van der Waals surface area contributed by atoms with E-state index in [1.807, 2.05) is 0 Å². The lowest BCUT2D eigenvalue weighted by Crippen LogP contribution is -2.32. The summed E-state index contributed by atoms with van der Waals surface area (Å²) in [6.07, 6.45) is 6.88. The molecular formula is C19H29NO. The van der Waals surface area contributed by atoms with Crippen LogP contribution in [0.25, 0.3) is 0 Å². The zero-order valence-corrected chi connectivity index (χ0v) is 13.5. The molecule has 0 aromatic heterocycles. The van der Waals surface area contributed by atoms with E-state index in [4.69, 9.17) is 4.74 Å². The van der Waals surface area contributed by atoms with Crippen LogP contribution >= 0.6 is 0 Å². The Labute approximate surface area is 129 Å². The number of hydrogen-bond acceptors (Lipinski definition) is 2. The summed E-state index contributed by atoms with van der Waals surface area (Å²) in [4.78, 5) is 0. The Hall–Kier alpha value is -0.860. The van der Waals surface area contributed by atoms with Gasteiger partial charge in [-0.25, -0.2) is 0 Å². The van der Waals surface area contributed by atoms with Gasteiger partial charge in [-0.15, -0.1) is 0 Å². The van der Waals surface area contributed by atoms with Crippen LogP contribution in [0.2, 0.25) is 0 Å². The molecule has 1 heterocycles. The lowest BCUT2D eigenvalue weighted by molar-refractivity contribution is 0.0954. The van der Waals surface area contributed by atoms with E-state index in [1.54, 1.807) is 0 Å². The van der Waals surface area contributed by atoms with Crippen LogP contribution in [0.3, 0.4) is 0 Å². The average molecular weight is 287 g/mol. The standard InChI is InChI=1S/C19H29NO/c1-3-12-20-19(18-11-13-21-14(18)2)17-9-7-16(8-10-17)15-5-4-6-15/h7-10,14-15,18-20H,3-6,11-13H2,1-2H3. The van der Waals surface area contributed by atoms with Crippen molar-refractivity contribution >= 4 is 0 Å². The lowest BCUT2D eigenvalue weighted by Gasteiger charge is -2.29. The Morgan fingerprint density at radius 2 is 1.95 bits per heavy atom. The van der Waals surface area contributed by atoms with Crippen LogP contribution in [0.1, 0.15) is 69.0 Å². The second kappa shape index (κ2) is 6.93. The van der Waals surface area contributed by atoms with Gasteiger partial charge < -0.3 is 10.1 Å². The Morgan fingerprint density at radius 1 is 1.19 bits per heavy atom. The summed E-state index contributed by atoms with van der Waals surface area (Å²) in [7, 11) is 0. The zero-order valence-electron chi connectivity index (χ0n) is 13.5. The Kier molecular flexibility index (Phi) is 4.97. The molecule has 1 saturated carbocycles. The number of hydrogen-bond donors (Lipinski definition) is 1. The highest BCUT2D eigenvalue weighted by atomic mass is 16.5. The maximum atomic E-state index is 5.80. The van der Waals surface area contributed by atoms with Crippen LogP contribution in [0.5, 0.6) is 0 Å². The molecule has 0 spiro atoms. The van der Waals surface area contributed by atoms with Gasteiger partial charge in [-0.3, -0.25) is 0 Å². The summed E-state index contributed by atoms with van der Waals surface area (Å²) >= 11 is 0. The van der Waals surface area contributed by atoms with E-state index in [1.165, 1.54) is 43.2 Å². The highest BCUT2D eigenvalue weighted by Gasteiger charge is 2.32. The maximum Gasteiger partial charge on any atom is 0.0594 e. The van der Waals surface area contributed by atoms with Gasteiger partial charge in [0.2, 0.25) is 0 Å². The van der Waals surface area contributed by atoms with Crippen LogP contribution in [0.15, 0.2) is 24.3 Å². The van der Waals surface area contributed by atoms with Gasteiger partial charge >= 0.3 is 0 Å². The summed E-state index contributed by atoms with van der Waals surface area (Å²) in [5.74, 6) is 1.43. The van der Waals surface area contributed by atoms with Gasteiger partial charge in [0.25, 0.3) is 0 Å². The number of nitrogens with one attached hydrogen (secondary N) is 1. The summed E-state index contributed by atoms with van der Waals surface area (Å²) < 4.78 is 5.80. The van der Waals surface area contributed by atoms with Crippen molar-refractivity contribution < 1.29 is 4.74 Å². The molecule has 1 aliphatic heterocycles. The van der Waals surface area contributed by atoms with Gasteiger partial charge in [0, 0.05) is 18.6 Å². The van der Waals surface area contributed by atoms with E-state index < -0.39 is 0 Å². The van der Waals surface area contributed by atoms with E-state index in [-0.39, 0.29) is 0 Å². The van der Waals surface area contributed by atoms with Crippen LogP contribution in [-0.2, 0) is 4.74 Å². The molecule has 1 saturated heterocycles. The van der Waals surface area contributed by atoms with Gasteiger partial charge in [-0.1, -0.05) is 37.6 Å². The fourth-order valence-electron chi connectivity index (χ4n) is 3.72. The number of rotatable bonds is 6. The third-order valence-electron chi connectivity index (χ3n) is 5.35. The molecular weight excluding hydrogens is 258 g/mol. The predicted molar refractivity (Wildman–Crippen MR) is 87.6 cm³/mol. The molecule has 0 amide bonds. The van der Waals surface area contributed by atoms with E-state index in [2.05, 4.69) is 43.4 Å². The van der Waals surface area contributed by atoms with Crippen LogP contribution in [0, 0.1) is 5.92 Å². The molecule has 0 radical (unpaired) electrons. The molecule has 2 aliphatic rings. The van der Waals surface area contributed by atoms with Crippen LogP contribution < -0.4 is 5.32 Å². The average Bonchev–Trinajstić information content (AvgIpc) is 2.85. The summed E-state index contributed by atoms with van der Waals surface area (Å²) in [6.45, 7) is 6.45. The van der Waals surface area contributed by atoms with Crippen molar-refractivity contribution in [2.45, 2.75) is 64.0 Å². The molecule has 2 fully saturated rings. The van der Waals surface area contributed by atoms with Gasteiger partial charge in [0.05, 0.1) is 6.10 Å². The molecule has 2 heteroatoms. The molecule has 1 aliphatic carbocycles. The van der Waals surface area contributed by atoms with E-state index in [0.29, 0.717) is 18.1 Å². The molecule has 0 bridgehead atoms. The van der Waals surface area contributed by atoms with Gasteiger partial charge in [0.15, 0.2) is 0 Å². The molecule has 2 nitrogen and oxygen atoms in total. The first-order chi connectivity index (χ1) is 10.3. The quantitative estimate of drug-likeness (QED) is 0.836. The van der Waals surface area contributed by atoms with Crippen molar-refractivity contribution in [1.29, 1.82) is 0 Å². The molecule has 1 aromatic carbocycles. The first-order valence-corrected chi connectivity index (χ1v) is 8.74. The summed E-state index contributed by atoms with van der Waals surface area (Å²) in [5.41, 5.74) is 2.98. The van der Waals surface area contributed by atoms with Gasteiger partial charge in [-0.05, 0) is 56.2 Å².